The van der Waals surface area contributed by atoms with Gasteiger partial charge in [-0.25, -0.2) is 9.07 Å². The minimum atomic E-state index is -0.356. The summed E-state index contributed by atoms with van der Waals surface area (Å²) in [6, 6.07) is 20.5. The van der Waals surface area contributed by atoms with E-state index in [4.69, 9.17) is 11.6 Å². The quantitative estimate of drug-likeness (QED) is 0.411. The van der Waals surface area contributed by atoms with Crippen molar-refractivity contribution >= 4 is 35.1 Å². The number of aromatic nitrogens is 3. The highest BCUT2D eigenvalue weighted by molar-refractivity contribution is 6.30. The number of carbonyl (C=O) groups excluding carboxylic acids is 1. The number of anilines is 2. The Kier molecular flexibility index (Phi) is 5.40. The minimum Gasteiger partial charge on any atom is -0.324 e. The van der Waals surface area contributed by atoms with Crippen molar-refractivity contribution in [2.45, 2.75) is 13.0 Å². The molecular weight excluding hydrogens is 441 g/mol. The predicted octanol–water partition coefficient (Wildman–Crippen LogP) is 5.69. The van der Waals surface area contributed by atoms with Gasteiger partial charge in [0.05, 0.1) is 0 Å². The van der Waals surface area contributed by atoms with Gasteiger partial charge in [0.15, 0.2) is 0 Å². The van der Waals surface area contributed by atoms with Crippen LogP contribution >= 0.6 is 11.6 Å². The molecule has 33 heavy (non-hydrogen) atoms. The molecule has 1 atom stereocenters. The van der Waals surface area contributed by atoms with Gasteiger partial charge < -0.3 is 5.32 Å². The number of fused-ring (bicyclic) bond motifs is 1. The highest BCUT2D eigenvalue weighted by Crippen LogP contribution is 2.33. The smallest absolute Gasteiger partial charge is 0.258 e. The van der Waals surface area contributed by atoms with Gasteiger partial charge in [0.25, 0.3) is 11.9 Å². The van der Waals surface area contributed by atoms with Gasteiger partial charge in [-0.05, 0) is 60.5 Å². The molecule has 1 aromatic heterocycles. The third kappa shape index (κ3) is 4.36. The van der Waals surface area contributed by atoms with E-state index in [9.17, 15) is 9.18 Å². The van der Waals surface area contributed by atoms with Crippen LogP contribution in [-0.2, 0) is 0 Å². The first kappa shape index (κ1) is 20.9. The molecule has 0 bridgehead atoms. The third-order valence-electron chi connectivity index (χ3n) is 5.37. The molecule has 0 aliphatic carbocycles. The standard InChI is InChI=1S/C25H19ClFN5O/c1-15-2-4-18(5-3-15)23(33)29-24-30-25-28-21(16-6-10-19(26)11-7-16)14-22(32(25)31-24)17-8-12-20(27)13-9-17/h2-14,22H,1H3,(H2,28,29,30,31,33)/t22-/m0/s1. The van der Waals surface area contributed by atoms with Crippen LogP contribution in [0.1, 0.15) is 33.1 Å². The van der Waals surface area contributed by atoms with Crippen LogP contribution in [0.3, 0.4) is 0 Å². The Morgan fingerprint density at radius 2 is 1.73 bits per heavy atom. The molecule has 0 spiro atoms. The summed E-state index contributed by atoms with van der Waals surface area (Å²) in [4.78, 5) is 17.1. The van der Waals surface area contributed by atoms with Crippen LogP contribution in [0, 0.1) is 12.7 Å². The largest absolute Gasteiger partial charge is 0.324 e. The number of benzene rings is 3. The molecular formula is C25H19ClFN5O. The molecule has 3 aromatic carbocycles. The highest BCUT2D eigenvalue weighted by atomic mass is 35.5. The molecule has 0 unspecified atom stereocenters. The highest BCUT2D eigenvalue weighted by Gasteiger charge is 2.26. The number of aryl methyl sites for hydroxylation is 1. The van der Waals surface area contributed by atoms with Crippen molar-refractivity contribution in [2.75, 3.05) is 10.6 Å². The molecule has 0 radical (unpaired) electrons. The molecule has 2 heterocycles. The number of hydrogen-bond donors (Lipinski definition) is 2. The van der Waals surface area contributed by atoms with Gasteiger partial charge in [0.1, 0.15) is 11.9 Å². The first-order valence-corrected chi connectivity index (χ1v) is 10.7. The Bertz CT molecular complexity index is 1350. The zero-order chi connectivity index (χ0) is 22.9. The average molecular weight is 460 g/mol. The number of nitrogens with zero attached hydrogens (tertiary/aromatic N) is 3. The van der Waals surface area contributed by atoms with Gasteiger partial charge in [-0.1, -0.05) is 53.6 Å². The van der Waals surface area contributed by atoms with E-state index in [1.807, 2.05) is 37.3 Å². The topological polar surface area (TPSA) is 71.8 Å². The van der Waals surface area contributed by atoms with Crippen LogP contribution in [0.25, 0.3) is 5.70 Å². The second kappa shape index (κ2) is 8.52. The minimum absolute atomic E-state index is 0.168. The fourth-order valence-corrected chi connectivity index (χ4v) is 3.75. The Hall–Kier alpha value is -3.97. The number of amides is 1. The molecule has 8 heteroatoms. The summed E-state index contributed by atoms with van der Waals surface area (Å²) >= 11 is 6.04. The molecule has 164 valence electrons. The van der Waals surface area contributed by atoms with Crippen molar-refractivity contribution in [1.82, 2.24) is 14.8 Å². The predicted molar refractivity (Wildman–Crippen MR) is 127 cm³/mol. The van der Waals surface area contributed by atoms with E-state index in [1.165, 1.54) is 12.1 Å². The molecule has 0 fully saturated rings. The maximum Gasteiger partial charge on any atom is 0.258 e. The summed E-state index contributed by atoms with van der Waals surface area (Å²) in [6.07, 6.45) is 1.98. The van der Waals surface area contributed by atoms with Gasteiger partial charge in [-0.2, -0.15) is 4.98 Å². The lowest BCUT2D eigenvalue weighted by atomic mass is 10.0. The van der Waals surface area contributed by atoms with Crippen LogP contribution in [0.2, 0.25) is 5.02 Å². The molecule has 0 saturated heterocycles. The molecule has 5 rings (SSSR count). The number of carbonyl (C=O) groups is 1. The maximum atomic E-state index is 13.5. The normalized spacial score (nSPS) is 14.8. The molecule has 6 nitrogen and oxygen atoms in total. The SMILES string of the molecule is Cc1ccc(C(=O)Nc2nc3n(n2)[C@H](c2ccc(F)cc2)C=C(c2ccc(Cl)cc2)N3)cc1. The van der Waals surface area contributed by atoms with Gasteiger partial charge >= 0.3 is 0 Å². The second-order valence-corrected chi connectivity index (χ2v) is 8.17. The lowest BCUT2D eigenvalue weighted by molar-refractivity contribution is 0.102. The van der Waals surface area contributed by atoms with Crippen LogP contribution in [0.4, 0.5) is 16.3 Å². The summed E-state index contributed by atoms with van der Waals surface area (Å²) < 4.78 is 15.2. The summed E-state index contributed by atoms with van der Waals surface area (Å²) in [5.41, 5.74) is 4.11. The first-order chi connectivity index (χ1) is 16.0. The Morgan fingerprint density at radius 1 is 1.03 bits per heavy atom. The summed E-state index contributed by atoms with van der Waals surface area (Å²) in [5, 5.41) is 11.2. The zero-order valence-corrected chi connectivity index (χ0v) is 18.3. The molecule has 1 aliphatic heterocycles. The Morgan fingerprint density at radius 3 is 2.42 bits per heavy atom. The number of nitrogens with one attached hydrogen (secondary N) is 2. The molecule has 1 amide bonds. The van der Waals surface area contributed by atoms with Crippen molar-refractivity contribution < 1.29 is 9.18 Å². The van der Waals surface area contributed by atoms with Crippen molar-refractivity contribution in [2.24, 2.45) is 0 Å². The van der Waals surface area contributed by atoms with Gasteiger partial charge in [0, 0.05) is 16.3 Å². The van der Waals surface area contributed by atoms with Gasteiger partial charge in [-0.3, -0.25) is 10.1 Å². The lowest BCUT2D eigenvalue weighted by Crippen LogP contribution is -2.20. The van der Waals surface area contributed by atoms with E-state index in [-0.39, 0.29) is 23.7 Å². The van der Waals surface area contributed by atoms with Crippen LogP contribution in [0.15, 0.2) is 78.9 Å². The van der Waals surface area contributed by atoms with Crippen LogP contribution in [-0.4, -0.2) is 20.7 Å². The van der Waals surface area contributed by atoms with Crippen LogP contribution < -0.4 is 10.6 Å². The summed E-state index contributed by atoms with van der Waals surface area (Å²) in [7, 11) is 0. The number of halogens is 2. The van der Waals surface area contributed by atoms with E-state index in [0.717, 1.165) is 22.4 Å². The molecule has 0 saturated carbocycles. The fourth-order valence-electron chi connectivity index (χ4n) is 3.62. The van der Waals surface area contributed by atoms with Crippen molar-refractivity contribution in [3.63, 3.8) is 0 Å². The van der Waals surface area contributed by atoms with Crippen LogP contribution in [0.5, 0.6) is 0 Å². The van der Waals surface area contributed by atoms with E-state index in [0.29, 0.717) is 16.5 Å². The monoisotopic (exact) mass is 459 g/mol. The average Bonchev–Trinajstić information content (AvgIpc) is 3.22. The Labute approximate surface area is 194 Å². The number of rotatable bonds is 4. The van der Waals surface area contributed by atoms with E-state index in [1.54, 1.807) is 41.1 Å². The first-order valence-electron chi connectivity index (χ1n) is 10.3. The Balaban J connectivity index is 1.50. The van der Waals surface area contributed by atoms with E-state index >= 15 is 0 Å². The van der Waals surface area contributed by atoms with E-state index < -0.39 is 0 Å². The summed E-state index contributed by atoms with van der Waals surface area (Å²) in [5.74, 6) is -0.00135. The third-order valence-corrected chi connectivity index (χ3v) is 5.62. The molecule has 2 N–H and O–H groups in total. The second-order valence-electron chi connectivity index (χ2n) is 7.73. The summed E-state index contributed by atoms with van der Waals surface area (Å²) in [6.45, 7) is 1.96. The maximum absolute atomic E-state index is 13.5. The van der Waals surface area contributed by atoms with Crippen molar-refractivity contribution in [3.05, 3.63) is 112 Å². The van der Waals surface area contributed by atoms with E-state index in [2.05, 4.69) is 20.7 Å². The van der Waals surface area contributed by atoms with Crippen molar-refractivity contribution in [1.29, 1.82) is 0 Å². The molecule has 4 aromatic rings. The fraction of sp³-hybridized carbons (Fsp3) is 0.0800. The van der Waals surface area contributed by atoms with Crippen molar-refractivity contribution in [3.8, 4) is 0 Å². The van der Waals surface area contributed by atoms with Gasteiger partial charge in [-0.15, -0.1) is 5.10 Å². The lowest BCUT2D eigenvalue weighted by Gasteiger charge is -2.24. The number of hydrogen-bond acceptors (Lipinski definition) is 4. The van der Waals surface area contributed by atoms with Gasteiger partial charge in [0.2, 0.25) is 5.95 Å². The zero-order valence-electron chi connectivity index (χ0n) is 17.6. The molecule has 1 aliphatic rings. The number of allylic oxidation sites excluding steroid dienone is 1.